The van der Waals surface area contributed by atoms with Gasteiger partial charge in [-0.3, -0.25) is 9.78 Å². The zero-order valence-corrected chi connectivity index (χ0v) is 22.1. The third-order valence-electron chi connectivity index (χ3n) is 7.78. The molecular formula is C30H33F2N3O3. The number of fused-ring (bicyclic) bond motifs is 3. The Hall–Kier alpha value is -3.36. The van der Waals surface area contributed by atoms with Gasteiger partial charge in [-0.1, -0.05) is 13.0 Å². The van der Waals surface area contributed by atoms with Gasteiger partial charge in [0.1, 0.15) is 11.5 Å². The lowest BCUT2D eigenvalue weighted by atomic mass is 9.72. The van der Waals surface area contributed by atoms with Crippen LogP contribution in [0.5, 0.6) is 0 Å². The molecule has 2 aliphatic heterocycles. The van der Waals surface area contributed by atoms with Crippen molar-refractivity contribution in [2.45, 2.75) is 45.8 Å². The maximum absolute atomic E-state index is 15.6. The first-order chi connectivity index (χ1) is 18.0. The number of aryl methyl sites for hydroxylation is 1. The van der Waals surface area contributed by atoms with Gasteiger partial charge in [-0.15, -0.1) is 0 Å². The van der Waals surface area contributed by atoms with Crippen LogP contribution in [0.2, 0.25) is 0 Å². The summed E-state index contributed by atoms with van der Waals surface area (Å²) in [5.41, 5.74) is 2.66. The summed E-state index contributed by atoms with van der Waals surface area (Å²) in [6, 6.07) is 11.8. The average Bonchev–Trinajstić information content (AvgIpc) is 2.89. The number of nitrogens with one attached hydrogen (secondary N) is 1. The summed E-state index contributed by atoms with van der Waals surface area (Å²) in [6.45, 7) is 8.43. The minimum atomic E-state index is -1.68. The largest absolute Gasteiger partial charge is 0.396 e. The van der Waals surface area contributed by atoms with E-state index in [1.54, 1.807) is 18.2 Å². The van der Waals surface area contributed by atoms with E-state index in [9.17, 15) is 14.3 Å². The number of carbonyl (C=O) groups excluding carboxylic acids is 1. The van der Waals surface area contributed by atoms with Crippen LogP contribution in [0, 0.1) is 18.2 Å². The van der Waals surface area contributed by atoms with Crippen LogP contribution in [-0.4, -0.2) is 48.4 Å². The summed E-state index contributed by atoms with van der Waals surface area (Å²) in [6.07, 6.45) is 1.97. The SMILES string of the molecule is Cc1ccc(NC(=O)c2ccnc(C(C)(C)F)c2)cc1-c1cc2c(cc1F)C[C@](C)(CO)[C@H]1COCCN21. The Kier molecular flexibility index (Phi) is 6.73. The van der Waals surface area contributed by atoms with Gasteiger partial charge in [0.25, 0.3) is 5.91 Å². The predicted molar refractivity (Wildman–Crippen MR) is 144 cm³/mol. The molecule has 0 radical (unpaired) electrons. The summed E-state index contributed by atoms with van der Waals surface area (Å²) in [4.78, 5) is 19.2. The number of aromatic nitrogens is 1. The lowest BCUT2D eigenvalue weighted by Gasteiger charge is -2.51. The first-order valence-electron chi connectivity index (χ1n) is 12.9. The maximum Gasteiger partial charge on any atom is 0.255 e. The van der Waals surface area contributed by atoms with E-state index >= 15 is 4.39 Å². The minimum absolute atomic E-state index is 0.00154. The Morgan fingerprint density at radius 1 is 1.24 bits per heavy atom. The third kappa shape index (κ3) is 4.78. The van der Waals surface area contributed by atoms with E-state index in [4.69, 9.17) is 4.74 Å². The molecular weight excluding hydrogens is 488 g/mol. The van der Waals surface area contributed by atoms with Crippen LogP contribution in [0.25, 0.3) is 11.1 Å². The first-order valence-corrected chi connectivity index (χ1v) is 12.9. The number of morpholine rings is 1. The highest BCUT2D eigenvalue weighted by atomic mass is 19.1. The normalized spacial score (nSPS) is 21.0. The van der Waals surface area contributed by atoms with Crippen molar-refractivity contribution in [1.29, 1.82) is 0 Å². The number of pyridine rings is 1. The number of hydrogen-bond acceptors (Lipinski definition) is 5. The molecule has 0 spiro atoms. The van der Waals surface area contributed by atoms with Crippen molar-refractivity contribution in [3.05, 3.63) is 76.9 Å². The van der Waals surface area contributed by atoms with E-state index in [-0.39, 0.29) is 29.7 Å². The Bertz CT molecular complexity index is 1390. The number of aliphatic hydroxyl groups is 1. The molecule has 0 saturated carbocycles. The Labute approximate surface area is 221 Å². The van der Waals surface area contributed by atoms with Gasteiger partial charge >= 0.3 is 0 Å². The van der Waals surface area contributed by atoms with Crippen LogP contribution in [0.3, 0.4) is 0 Å². The monoisotopic (exact) mass is 521 g/mol. The summed E-state index contributed by atoms with van der Waals surface area (Å²) >= 11 is 0. The van der Waals surface area contributed by atoms with Crippen LogP contribution in [0.4, 0.5) is 20.2 Å². The molecule has 0 unspecified atom stereocenters. The fraction of sp³-hybridized carbons (Fsp3) is 0.400. The molecule has 3 aromatic rings. The molecule has 38 heavy (non-hydrogen) atoms. The maximum atomic E-state index is 15.6. The zero-order chi connectivity index (χ0) is 27.2. The van der Waals surface area contributed by atoms with Crippen molar-refractivity contribution in [1.82, 2.24) is 4.98 Å². The number of amides is 1. The van der Waals surface area contributed by atoms with Gasteiger partial charge in [0.05, 0.1) is 31.6 Å². The van der Waals surface area contributed by atoms with Crippen LogP contribution in [0.15, 0.2) is 48.7 Å². The summed E-state index contributed by atoms with van der Waals surface area (Å²) in [5, 5.41) is 13.0. The number of alkyl halides is 1. The number of anilines is 2. The summed E-state index contributed by atoms with van der Waals surface area (Å²) in [5.74, 6) is -0.760. The van der Waals surface area contributed by atoms with E-state index in [0.29, 0.717) is 43.0 Å². The minimum Gasteiger partial charge on any atom is -0.396 e. The fourth-order valence-corrected chi connectivity index (χ4v) is 5.49. The third-order valence-corrected chi connectivity index (χ3v) is 7.78. The van der Waals surface area contributed by atoms with Crippen molar-refractivity contribution in [2.24, 2.45) is 5.41 Å². The van der Waals surface area contributed by atoms with Crippen molar-refractivity contribution in [3.63, 3.8) is 0 Å². The number of ether oxygens (including phenoxy) is 1. The van der Waals surface area contributed by atoms with Gasteiger partial charge in [-0.05, 0) is 80.3 Å². The molecule has 2 atom stereocenters. The molecule has 1 saturated heterocycles. The van der Waals surface area contributed by atoms with Crippen molar-refractivity contribution in [3.8, 4) is 11.1 Å². The Morgan fingerprint density at radius 2 is 2.03 bits per heavy atom. The second-order valence-corrected chi connectivity index (χ2v) is 11.1. The molecule has 0 bridgehead atoms. The standard InChI is InChI=1S/C30H33F2N3O3/c1-18-5-6-21(34-28(37)19-7-8-33-26(12-19)29(2,3)32)13-22(18)23-14-25-20(11-24(23)31)15-30(4,17-36)27-16-38-10-9-35(25)27/h5-8,11-14,27,36H,9-10,15-17H2,1-4H3,(H,34,37)/t27-,30-/m1/s1. The number of benzene rings is 2. The van der Waals surface area contributed by atoms with Gasteiger partial charge in [-0.25, -0.2) is 8.78 Å². The molecule has 8 heteroatoms. The zero-order valence-electron chi connectivity index (χ0n) is 22.1. The summed E-state index contributed by atoms with van der Waals surface area (Å²) < 4.78 is 35.7. The van der Waals surface area contributed by atoms with Crippen LogP contribution >= 0.6 is 0 Å². The van der Waals surface area contributed by atoms with Gasteiger partial charge in [0.2, 0.25) is 0 Å². The summed E-state index contributed by atoms with van der Waals surface area (Å²) in [7, 11) is 0. The topological polar surface area (TPSA) is 74.7 Å². The average molecular weight is 522 g/mol. The predicted octanol–water partition coefficient (Wildman–Crippen LogP) is 5.41. The van der Waals surface area contributed by atoms with Crippen molar-refractivity contribution in [2.75, 3.05) is 36.6 Å². The highest BCUT2D eigenvalue weighted by Crippen LogP contribution is 2.45. The molecule has 1 amide bonds. The number of aliphatic hydroxyl groups excluding tert-OH is 1. The molecule has 3 heterocycles. The fourth-order valence-electron chi connectivity index (χ4n) is 5.49. The van der Waals surface area contributed by atoms with Crippen LogP contribution in [0.1, 0.15) is 48.0 Å². The van der Waals surface area contributed by atoms with Crippen LogP contribution < -0.4 is 10.2 Å². The highest BCUT2D eigenvalue weighted by Gasteiger charge is 2.44. The first kappa shape index (κ1) is 26.3. The van der Waals surface area contributed by atoms with Gasteiger partial charge in [0.15, 0.2) is 0 Å². The molecule has 2 aliphatic rings. The van der Waals surface area contributed by atoms with Crippen molar-refractivity contribution >= 4 is 17.3 Å². The molecule has 6 nitrogen and oxygen atoms in total. The lowest BCUT2D eigenvalue weighted by molar-refractivity contribution is 0.0156. The second-order valence-electron chi connectivity index (χ2n) is 11.1. The number of halogens is 2. The van der Waals surface area contributed by atoms with Crippen molar-refractivity contribution < 1.29 is 23.4 Å². The number of nitrogens with zero attached hydrogens (tertiary/aromatic N) is 2. The number of carbonyl (C=O) groups is 1. The molecule has 0 aliphatic carbocycles. The van der Waals surface area contributed by atoms with Gasteiger partial charge < -0.3 is 20.1 Å². The lowest BCUT2D eigenvalue weighted by Crippen LogP contribution is -2.59. The molecule has 1 aromatic heterocycles. The molecule has 2 aromatic carbocycles. The molecule has 200 valence electrons. The second kappa shape index (κ2) is 9.75. The number of hydrogen-bond donors (Lipinski definition) is 2. The van der Waals surface area contributed by atoms with Crippen LogP contribution in [-0.2, 0) is 16.8 Å². The Balaban J connectivity index is 1.49. The molecule has 1 fully saturated rings. The van der Waals surface area contributed by atoms with Gasteiger partial charge in [-0.2, -0.15) is 0 Å². The van der Waals surface area contributed by atoms with E-state index < -0.39 is 17.0 Å². The van der Waals surface area contributed by atoms with E-state index in [2.05, 4.69) is 15.2 Å². The smallest absolute Gasteiger partial charge is 0.255 e. The number of rotatable bonds is 5. The highest BCUT2D eigenvalue weighted by molar-refractivity contribution is 6.04. The molecule has 2 N–H and O–H groups in total. The van der Waals surface area contributed by atoms with E-state index in [1.165, 1.54) is 32.2 Å². The van der Waals surface area contributed by atoms with Gasteiger partial charge in [0, 0.05) is 40.7 Å². The molecule has 5 rings (SSSR count). The van der Waals surface area contributed by atoms with E-state index in [1.807, 2.05) is 26.0 Å². The quantitative estimate of drug-likeness (QED) is 0.470. The van der Waals surface area contributed by atoms with E-state index in [0.717, 1.165) is 16.8 Å². The Morgan fingerprint density at radius 3 is 2.76 bits per heavy atom.